The molecule has 2 amide bonds. The highest BCUT2D eigenvalue weighted by atomic mass is 17.2. The zero-order chi connectivity index (χ0) is 33.1. The van der Waals surface area contributed by atoms with E-state index < -0.39 is 83.4 Å². The first-order chi connectivity index (χ1) is 18.8. The van der Waals surface area contributed by atoms with E-state index >= 15 is 0 Å². The van der Waals surface area contributed by atoms with Crippen LogP contribution in [0.2, 0.25) is 0 Å². The summed E-state index contributed by atoms with van der Waals surface area (Å²) in [5.41, 5.74) is -3.39. The van der Waals surface area contributed by atoms with Crippen molar-refractivity contribution >= 4 is 36.1 Å². The second kappa shape index (κ2) is 15.6. The summed E-state index contributed by atoms with van der Waals surface area (Å²) in [6.07, 6.45) is -3.15. The van der Waals surface area contributed by atoms with E-state index in [1.165, 1.54) is 0 Å². The molecule has 0 rings (SSSR count). The first-order valence-corrected chi connectivity index (χ1v) is 13.6. The van der Waals surface area contributed by atoms with Gasteiger partial charge in [-0.05, 0) is 95.9 Å². The first kappa shape index (κ1) is 38.4. The van der Waals surface area contributed by atoms with Gasteiger partial charge >= 0.3 is 36.1 Å². The summed E-state index contributed by atoms with van der Waals surface area (Å²) in [6.45, 7) is 19.7. The van der Waals surface area contributed by atoms with E-state index in [0.29, 0.717) is 0 Å². The third kappa shape index (κ3) is 20.3. The molecule has 0 saturated heterocycles. The van der Waals surface area contributed by atoms with Crippen molar-refractivity contribution < 1.29 is 57.5 Å². The summed E-state index contributed by atoms with van der Waals surface area (Å²) >= 11 is 0. The third-order valence-electron chi connectivity index (χ3n) is 4.27. The molecule has 42 heavy (non-hydrogen) atoms. The lowest BCUT2D eigenvalue weighted by Crippen LogP contribution is -2.46. The molecule has 0 aliphatic rings. The van der Waals surface area contributed by atoms with Crippen molar-refractivity contribution in [2.24, 2.45) is 0 Å². The third-order valence-corrected chi connectivity index (χ3v) is 4.27. The Balaban J connectivity index is 5.11. The molecule has 0 radical (unpaired) electrons. The number of carbonyl (C=O) groups is 6. The van der Waals surface area contributed by atoms with Gasteiger partial charge in [0.15, 0.2) is 0 Å². The Kier molecular flexibility index (Phi) is 14.3. The molecule has 2 N–H and O–H groups in total. The Morgan fingerprint density at radius 1 is 0.476 bits per heavy atom. The van der Waals surface area contributed by atoms with Crippen LogP contribution in [0.15, 0.2) is 0 Å². The molecule has 2 atom stereocenters. The maximum Gasteiger partial charge on any atom is 0.408 e. The maximum atomic E-state index is 12.6. The van der Waals surface area contributed by atoms with Crippen molar-refractivity contribution in [2.45, 2.75) is 143 Å². The number of nitrogens with one attached hydrogen (secondary N) is 2. The van der Waals surface area contributed by atoms with Gasteiger partial charge in [-0.1, -0.05) is 0 Å². The Labute approximate surface area is 247 Å². The van der Waals surface area contributed by atoms with Gasteiger partial charge in [0, 0.05) is 0 Å². The normalized spacial score (nSPS) is 13.5. The quantitative estimate of drug-likeness (QED) is 0.158. The fraction of sp³-hybridized carbons (Fsp3) is 0.786. The fourth-order valence-electron chi connectivity index (χ4n) is 2.84. The number of amides is 2. The molecule has 242 valence electrons. The molecule has 0 spiro atoms. The highest BCUT2D eigenvalue weighted by Gasteiger charge is 2.31. The molecule has 0 aromatic rings. The van der Waals surface area contributed by atoms with Crippen molar-refractivity contribution in [1.29, 1.82) is 0 Å². The summed E-state index contributed by atoms with van der Waals surface area (Å²) < 4.78 is 20.9. The Hall–Kier alpha value is -3.58. The molecule has 0 bridgehead atoms. The van der Waals surface area contributed by atoms with E-state index in [0.717, 1.165) is 0 Å². The highest BCUT2D eigenvalue weighted by Crippen LogP contribution is 2.15. The van der Waals surface area contributed by atoms with E-state index in [4.69, 9.17) is 18.9 Å². The van der Waals surface area contributed by atoms with Crippen LogP contribution in [0.4, 0.5) is 9.59 Å². The first-order valence-electron chi connectivity index (χ1n) is 13.6. The topological polar surface area (TPSA) is 182 Å². The molecule has 0 heterocycles. The van der Waals surface area contributed by atoms with Gasteiger partial charge in [-0.3, -0.25) is 0 Å². The van der Waals surface area contributed by atoms with Crippen LogP contribution in [0.25, 0.3) is 0 Å². The van der Waals surface area contributed by atoms with E-state index in [1.54, 1.807) is 83.1 Å². The van der Waals surface area contributed by atoms with Gasteiger partial charge in [-0.2, -0.15) is 0 Å². The standard InChI is InChI=1S/C28H48N2O12/c1-25(2,3)37-21(33)17(29-23(35)39-27(7,8)9)13-15-19(31)41-42-20(32)16-14-18(22(34)38-26(4,5)6)30-24(36)40-28(10,11)12/h17-18H,13-16H2,1-12H3,(H,29,35)(H,30,36)/t17-,18-/m0/s1. The van der Waals surface area contributed by atoms with Crippen LogP contribution in [0.5, 0.6) is 0 Å². The monoisotopic (exact) mass is 604 g/mol. The molecule has 0 aliphatic heterocycles. The number of hydrogen-bond acceptors (Lipinski definition) is 12. The lowest BCUT2D eigenvalue weighted by Gasteiger charge is -2.26. The fourth-order valence-corrected chi connectivity index (χ4v) is 2.84. The van der Waals surface area contributed by atoms with Crippen molar-refractivity contribution in [3.05, 3.63) is 0 Å². The summed E-state index contributed by atoms with van der Waals surface area (Å²) in [7, 11) is 0. The average Bonchev–Trinajstić information content (AvgIpc) is 2.72. The summed E-state index contributed by atoms with van der Waals surface area (Å²) in [5.74, 6) is -3.63. The van der Waals surface area contributed by atoms with Gasteiger partial charge in [0.1, 0.15) is 34.5 Å². The number of esters is 2. The van der Waals surface area contributed by atoms with Crippen LogP contribution in [0, 0.1) is 0 Å². The molecule has 0 aromatic carbocycles. The number of hydrogen-bond donors (Lipinski definition) is 2. The highest BCUT2D eigenvalue weighted by molar-refractivity contribution is 5.83. The Morgan fingerprint density at radius 2 is 0.738 bits per heavy atom. The minimum absolute atomic E-state index is 0.245. The largest absolute Gasteiger partial charge is 0.458 e. The van der Waals surface area contributed by atoms with Gasteiger partial charge in [-0.15, -0.1) is 0 Å². The van der Waals surface area contributed by atoms with E-state index in [9.17, 15) is 28.8 Å². The smallest absolute Gasteiger partial charge is 0.408 e. The lowest BCUT2D eigenvalue weighted by atomic mass is 10.1. The van der Waals surface area contributed by atoms with Crippen LogP contribution in [0.3, 0.4) is 0 Å². The van der Waals surface area contributed by atoms with Gasteiger partial charge < -0.3 is 29.6 Å². The summed E-state index contributed by atoms with van der Waals surface area (Å²) in [6, 6.07) is -2.51. The molecule has 14 heteroatoms. The second-order valence-corrected chi connectivity index (χ2v) is 13.5. The van der Waals surface area contributed by atoms with Gasteiger partial charge in [-0.25, -0.2) is 38.5 Å². The molecular formula is C28H48N2O12. The van der Waals surface area contributed by atoms with Gasteiger partial charge in [0.2, 0.25) is 0 Å². The van der Waals surface area contributed by atoms with Crippen LogP contribution < -0.4 is 10.6 Å². The molecule has 0 saturated carbocycles. The zero-order valence-electron chi connectivity index (χ0n) is 26.9. The van der Waals surface area contributed by atoms with Gasteiger partial charge in [0.05, 0.1) is 12.8 Å². The lowest BCUT2D eigenvalue weighted by molar-refractivity contribution is -0.259. The molecule has 0 fully saturated rings. The van der Waals surface area contributed by atoms with Crippen molar-refractivity contribution in [1.82, 2.24) is 10.6 Å². The minimum atomic E-state index is -1.25. The number of carbonyl (C=O) groups excluding carboxylic acids is 6. The molecule has 0 aromatic heterocycles. The minimum Gasteiger partial charge on any atom is -0.458 e. The number of alkyl carbamates (subject to hydrolysis) is 2. The van der Waals surface area contributed by atoms with Gasteiger partial charge in [0.25, 0.3) is 0 Å². The molecule has 14 nitrogen and oxygen atoms in total. The maximum absolute atomic E-state index is 12.6. The van der Waals surface area contributed by atoms with Crippen LogP contribution in [0.1, 0.15) is 109 Å². The predicted octanol–water partition coefficient (Wildman–Crippen LogP) is 4.02. The average molecular weight is 605 g/mol. The Bertz CT molecular complexity index is 887. The summed E-state index contributed by atoms with van der Waals surface area (Å²) in [4.78, 5) is 83.0. The number of rotatable bonds is 10. The van der Waals surface area contributed by atoms with Crippen LogP contribution in [-0.2, 0) is 47.9 Å². The molecular weight excluding hydrogens is 556 g/mol. The molecule has 0 unspecified atom stereocenters. The number of ether oxygens (including phenoxy) is 4. The van der Waals surface area contributed by atoms with E-state index in [2.05, 4.69) is 20.4 Å². The van der Waals surface area contributed by atoms with Crippen molar-refractivity contribution in [3.8, 4) is 0 Å². The van der Waals surface area contributed by atoms with E-state index in [-0.39, 0.29) is 12.8 Å². The SMILES string of the molecule is CC(C)(C)OC(=O)N[C@@H](CCC(=O)OOC(=O)CC[C@H](NC(=O)OC(C)(C)C)C(=O)OC(C)(C)C)C(=O)OC(C)(C)C. The Morgan fingerprint density at radius 3 is 0.976 bits per heavy atom. The van der Waals surface area contributed by atoms with Crippen molar-refractivity contribution in [3.63, 3.8) is 0 Å². The molecule has 0 aliphatic carbocycles. The van der Waals surface area contributed by atoms with Crippen LogP contribution >= 0.6 is 0 Å². The van der Waals surface area contributed by atoms with Crippen molar-refractivity contribution in [2.75, 3.05) is 0 Å². The predicted molar refractivity (Wildman–Crippen MR) is 149 cm³/mol. The zero-order valence-corrected chi connectivity index (χ0v) is 26.9. The van der Waals surface area contributed by atoms with E-state index in [1.807, 2.05) is 0 Å². The second-order valence-electron chi connectivity index (χ2n) is 13.5. The van der Waals surface area contributed by atoms with Crippen LogP contribution in [-0.4, -0.2) is 70.6 Å². The summed E-state index contributed by atoms with van der Waals surface area (Å²) in [5, 5.41) is 4.73.